The standard InChI is InChI=1S/C23H23NO6/c1-14-11-24(12-15(2)29-14)22(27)13-28-17-8-18(25)23-19(26)10-20(30-21(23)9-17)16-6-4-3-5-7-16/h3-10,14-15,25H,11-13H2,1-2H3. The highest BCUT2D eigenvalue weighted by molar-refractivity contribution is 5.86. The molecule has 7 nitrogen and oxygen atoms in total. The number of hydrogen-bond acceptors (Lipinski definition) is 6. The minimum absolute atomic E-state index is 0.0342. The van der Waals surface area contributed by atoms with Gasteiger partial charge in [-0.05, 0) is 13.8 Å². The number of phenols is 1. The molecule has 2 aromatic carbocycles. The molecule has 156 valence electrons. The molecule has 3 aromatic rings. The Hall–Kier alpha value is -3.32. The number of fused-ring (bicyclic) bond motifs is 1. The molecule has 0 aliphatic carbocycles. The Labute approximate surface area is 173 Å². The SMILES string of the molecule is CC1CN(C(=O)COc2cc(O)c3c(=O)cc(-c4ccccc4)oc3c2)CC(C)O1. The summed E-state index contributed by atoms with van der Waals surface area (Å²) in [6.07, 6.45) is -0.0683. The molecule has 30 heavy (non-hydrogen) atoms. The molecule has 1 amide bonds. The summed E-state index contributed by atoms with van der Waals surface area (Å²) < 4.78 is 17.1. The van der Waals surface area contributed by atoms with Crippen molar-refractivity contribution >= 4 is 16.9 Å². The molecule has 0 saturated carbocycles. The van der Waals surface area contributed by atoms with E-state index in [4.69, 9.17) is 13.9 Å². The van der Waals surface area contributed by atoms with Gasteiger partial charge in [-0.25, -0.2) is 0 Å². The molecule has 2 atom stereocenters. The number of carbonyl (C=O) groups excluding carboxylic acids is 1. The predicted octanol–water partition coefficient (Wildman–Crippen LogP) is 3.18. The number of amides is 1. The number of aromatic hydroxyl groups is 1. The second kappa shape index (κ2) is 8.20. The van der Waals surface area contributed by atoms with Gasteiger partial charge in [0.05, 0.1) is 12.2 Å². The Balaban J connectivity index is 1.57. The highest BCUT2D eigenvalue weighted by Gasteiger charge is 2.26. The molecule has 0 bridgehead atoms. The van der Waals surface area contributed by atoms with Crippen LogP contribution in [0.5, 0.6) is 11.5 Å². The van der Waals surface area contributed by atoms with Crippen LogP contribution in [0.25, 0.3) is 22.3 Å². The van der Waals surface area contributed by atoms with Gasteiger partial charge in [0.2, 0.25) is 0 Å². The van der Waals surface area contributed by atoms with E-state index in [2.05, 4.69) is 0 Å². The first-order chi connectivity index (χ1) is 14.4. The molecular formula is C23H23NO6. The third-order valence-corrected chi connectivity index (χ3v) is 4.98. The van der Waals surface area contributed by atoms with Crippen LogP contribution in [0.3, 0.4) is 0 Å². The van der Waals surface area contributed by atoms with Crippen LogP contribution in [-0.2, 0) is 9.53 Å². The summed E-state index contributed by atoms with van der Waals surface area (Å²) in [5.74, 6) is 0.209. The van der Waals surface area contributed by atoms with Crippen LogP contribution in [0.1, 0.15) is 13.8 Å². The van der Waals surface area contributed by atoms with Gasteiger partial charge in [0.1, 0.15) is 28.2 Å². The highest BCUT2D eigenvalue weighted by atomic mass is 16.5. The fraction of sp³-hybridized carbons (Fsp3) is 0.304. The normalized spacial score (nSPS) is 19.1. The smallest absolute Gasteiger partial charge is 0.260 e. The van der Waals surface area contributed by atoms with Crippen LogP contribution >= 0.6 is 0 Å². The van der Waals surface area contributed by atoms with E-state index in [1.807, 2.05) is 44.2 Å². The minimum Gasteiger partial charge on any atom is -0.507 e. The molecule has 2 heterocycles. The first kappa shape index (κ1) is 20.0. The first-order valence-corrected chi connectivity index (χ1v) is 9.83. The third kappa shape index (κ3) is 4.16. The Kier molecular flexibility index (Phi) is 5.46. The number of rotatable bonds is 4. The van der Waals surface area contributed by atoms with E-state index in [9.17, 15) is 14.7 Å². The van der Waals surface area contributed by atoms with Gasteiger partial charge in [0.15, 0.2) is 12.0 Å². The van der Waals surface area contributed by atoms with Crippen molar-refractivity contribution in [1.82, 2.24) is 4.90 Å². The summed E-state index contributed by atoms with van der Waals surface area (Å²) in [4.78, 5) is 26.7. The molecule has 2 unspecified atom stereocenters. The average Bonchev–Trinajstić information content (AvgIpc) is 2.71. The average molecular weight is 409 g/mol. The summed E-state index contributed by atoms with van der Waals surface area (Å²) in [6, 6.07) is 13.4. The Morgan fingerprint density at radius 3 is 2.53 bits per heavy atom. The van der Waals surface area contributed by atoms with Crippen LogP contribution in [0.15, 0.2) is 57.7 Å². The number of ether oxygens (including phenoxy) is 2. The maximum Gasteiger partial charge on any atom is 0.260 e. The predicted molar refractivity (Wildman–Crippen MR) is 112 cm³/mol. The quantitative estimate of drug-likeness (QED) is 0.712. The first-order valence-electron chi connectivity index (χ1n) is 9.83. The van der Waals surface area contributed by atoms with Crippen LogP contribution < -0.4 is 10.2 Å². The maximum absolute atomic E-state index is 12.5. The van der Waals surface area contributed by atoms with Gasteiger partial charge in [-0.1, -0.05) is 30.3 Å². The summed E-state index contributed by atoms with van der Waals surface area (Å²) in [6.45, 7) is 4.66. The summed E-state index contributed by atoms with van der Waals surface area (Å²) in [5, 5.41) is 10.4. The molecule has 1 aliphatic heterocycles. The number of phenolic OH excluding ortho intramolecular Hbond substituents is 1. The minimum atomic E-state index is -0.355. The van der Waals surface area contributed by atoms with Gasteiger partial charge in [0.25, 0.3) is 5.91 Å². The van der Waals surface area contributed by atoms with E-state index < -0.39 is 0 Å². The van der Waals surface area contributed by atoms with Gasteiger partial charge in [-0.15, -0.1) is 0 Å². The molecule has 1 saturated heterocycles. The van der Waals surface area contributed by atoms with Crippen molar-refractivity contribution in [2.75, 3.05) is 19.7 Å². The van der Waals surface area contributed by atoms with Crippen LogP contribution in [-0.4, -0.2) is 47.8 Å². The van der Waals surface area contributed by atoms with Crippen LogP contribution in [0.2, 0.25) is 0 Å². The van der Waals surface area contributed by atoms with E-state index in [1.54, 1.807) is 4.90 Å². The van der Waals surface area contributed by atoms with E-state index in [-0.39, 0.29) is 52.6 Å². The van der Waals surface area contributed by atoms with Crippen LogP contribution in [0.4, 0.5) is 0 Å². The van der Waals surface area contributed by atoms with Crippen molar-refractivity contribution in [2.24, 2.45) is 0 Å². The molecule has 7 heteroatoms. The number of morpholine rings is 1. The largest absolute Gasteiger partial charge is 0.507 e. The van der Waals surface area contributed by atoms with Crippen molar-refractivity contribution in [2.45, 2.75) is 26.1 Å². The molecular weight excluding hydrogens is 386 g/mol. The Morgan fingerprint density at radius 2 is 1.83 bits per heavy atom. The number of carbonyl (C=O) groups is 1. The van der Waals surface area contributed by atoms with Gasteiger partial charge in [-0.2, -0.15) is 0 Å². The monoisotopic (exact) mass is 409 g/mol. The van der Waals surface area contributed by atoms with Gasteiger partial charge in [-0.3, -0.25) is 9.59 Å². The highest BCUT2D eigenvalue weighted by Crippen LogP contribution is 2.31. The zero-order valence-corrected chi connectivity index (χ0v) is 16.8. The maximum atomic E-state index is 12.5. The zero-order valence-electron chi connectivity index (χ0n) is 16.8. The topological polar surface area (TPSA) is 89.2 Å². The van der Waals surface area contributed by atoms with Gasteiger partial charge < -0.3 is 23.9 Å². The zero-order chi connectivity index (χ0) is 21.3. The molecule has 1 fully saturated rings. The van der Waals surface area contributed by atoms with Crippen molar-refractivity contribution in [3.63, 3.8) is 0 Å². The second-order valence-corrected chi connectivity index (χ2v) is 7.50. The fourth-order valence-corrected chi connectivity index (χ4v) is 3.69. The van der Waals surface area contributed by atoms with E-state index in [0.717, 1.165) is 5.56 Å². The lowest BCUT2D eigenvalue weighted by Gasteiger charge is -2.35. The Bertz CT molecular complexity index is 1110. The van der Waals surface area contributed by atoms with Crippen molar-refractivity contribution in [3.05, 3.63) is 58.8 Å². The van der Waals surface area contributed by atoms with Crippen molar-refractivity contribution in [1.29, 1.82) is 0 Å². The molecule has 0 radical (unpaired) electrons. The van der Waals surface area contributed by atoms with Crippen molar-refractivity contribution < 1.29 is 23.8 Å². The lowest BCUT2D eigenvalue weighted by molar-refractivity contribution is -0.145. The summed E-state index contributed by atoms with van der Waals surface area (Å²) in [5.41, 5.74) is 0.581. The van der Waals surface area contributed by atoms with E-state index >= 15 is 0 Å². The van der Waals surface area contributed by atoms with Gasteiger partial charge >= 0.3 is 0 Å². The van der Waals surface area contributed by atoms with Gasteiger partial charge in [0, 0.05) is 36.9 Å². The lowest BCUT2D eigenvalue weighted by Crippen LogP contribution is -2.49. The summed E-state index contributed by atoms with van der Waals surface area (Å²) in [7, 11) is 0. The Morgan fingerprint density at radius 1 is 1.13 bits per heavy atom. The molecule has 1 aromatic heterocycles. The van der Waals surface area contributed by atoms with E-state index in [0.29, 0.717) is 18.8 Å². The molecule has 4 rings (SSSR count). The van der Waals surface area contributed by atoms with E-state index in [1.165, 1.54) is 18.2 Å². The molecule has 1 N–H and O–H groups in total. The second-order valence-electron chi connectivity index (χ2n) is 7.50. The summed E-state index contributed by atoms with van der Waals surface area (Å²) >= 11 is 0. The fourth-order valence-electron chi connectivity index (χ4n) is 3.69. The number of benzene rings is 2. The third-order valence-electron chi connectivity index (χ3n) is 4.98. The van der Waals surface area contributed by atoms with Crippen LogP contribution in [0, 0.1) is 0 Å². The number of nitrogens with zero attached hydrogens (tertiary/aromatic N) is 1. The molecule has 1 aliphatic rings. The molecule has 0 spiro atoms. The van der Waals surface area contributed by atoms with Crippen molar-refractivity contribution in [3.8, 4) is 22.8 Å². The lowest BCUT2D eigenvalue weighted by atomic mass is 10.1. The number of hydrogen-bond donors (Lipinski definition) is 1.